The third kappa shape index (κ3) is 7.17. The molecule has 1 atom stereocenters. The molecule has 1 aliphatic heterocycles. The summed E-state index contributed by atoms with van der Waals surface area (Å²) in [5.41, 5.74) is 0. The van der Waals surface area contributed by atoms with Crippen molar-refractivity contribution in [3.63, 3.8) is 0 Å². The van der Waals surface area contributed by atoms with Gasteiger partial charge in [-0.3, -0.25) is 9.59 Å². The Bertz CT molecular complexity index is 339. The Balaban J connectivity index is 2.27. The Labute approximate surface area is 127 Å². The minimum absolute atomic E-state index is 0.00845. The first-order valence-corrected chi connectivity index (χ1v) is 8.45. The van der Waals surface area contributed by atoms with Crippen LogP contribution >= 0.6 is 11.8 Å². The van der Waals surface area contributed by atoms with Gasteiger partial charge in [0.1, 0.15) is 0 Å². The first-order valence-electron chi connectivity index (χ1n) is 7.47. The summed E-state index contributed by atoms with van der Waals surface area (Å²) < 4.78 is 0.269. The number of carbonyl (C=O) groups excluding carboxylic acids is 2. The molecule has 0 aromatic heterocycles. The molecule has 1 fully saturated rings. The molecule has 5 heteroatoms. The number of carbonyl (C=O) groups is 2. The molecule has 2 amide bonds. The van der Waals surface area contributed by atoms with Crippen LogP contribution in [0.15, 0.2) is 0 Å². The minimum atomic E-state index is -0.00845. The van der Waals surface area contributed by atoms with E-state index in [1.165, 1.54) is 6.92 Å². The number of nitrogens with zero attached hydrogens (tertiary/aromatic N) is 1. The van der Waals surface area contributed by atoms with E-state index in [4.69, 9.17) is 0 Å². The average Bonchev–Trinajstić information content (AvgIpc) is 2.32. The number of amides is 2. The van der Waals surface area contributed by atoms with Gasteiger partial charge >= 0.3 is 0 Å². The number of hydrogen-bond acceptors (Lipinski definition) is 3. The second-order valence-electron chi connectivity index (χ2n) is 6.44. The third-order valence-corrected chi connectivity index (χ3v) is 4.61. The van der Waals surface area contributed by atoms with Crippen molar-refractivity contribution in [2.24, 2.45) is 0 Å². The molecular formula is C15H28N2O2S. The predicted octanol–water partition coefficient (Wildman–Crippen LogP) is 2.43. The van der Waals surface area contributed by atoms with Gasteiger partial charge in [-0.15, -0.1) is 0 Å². The summed E-state index contributed by atoms with van der Waals surface area (Å²) in [6, 6.07) is 0.133. The molecular weight excluding hydrogens is 272 g/mol. The van der Waals surface area contributed by atoms with Gasteiger partial charge in [0.05, 0.1) is 0 Å². The Morgan fingerprint density at radius 3 is 2.65 bits per heavy atom. The first kappa shape index (κ1) is 17.3. The van der Waals surface area contributed by atoms with Crippen LogP contribution < -0.4 is 5.32 Å². The van der Waals surface area contributed by atoms with Crippen molar-refractivity contribution in [2.75, 3.05) is 18.8 Å². The fourth-order valence-corrected chi connectivity index (χ4v) is 3.27. The molecule has 0 saturated carbocycles. The molecule has 0 radical (unpaired) electrons. The largest absolute Gasteiger partial charge is 0.352 e. The maximum atomic E-state index is 12.2. The van der Waals surface area contributed by atoms with Gasteiger partial charge in [0.25, 0.3) is 0 Å². The lowest BCUT2D eigenvalue weighted by molar-refractivity contribution is -0.133. The van der Waals surface area contributed by atoms with E-state index in [0.717, 1.165) is 31.6 Å². The lowest BCUT2D eigenvalue weighted by Gasteiger charge is -2.33. The van der Waals surface area contributed by atoms with Crippen LogP contribution in [0.5, 0.6) is 0 Å². The van der Waals surface area contributed by atoms with E-state index >= 15 is 0 Å². The highest BCUT2D eigenvalue weighted by Crippen LogP contribution is 2.24. The van der Waals surface area contributed by atoms with Crippen LogP contribution in [0, 0.1) is 0 Å². The molecule has 1 rings (SSSR count). The number of rotatable bonds is 5. The van der Waals surface area contributed by atoms with Crippen LogP contribution in [-0.4, -0.2) is 46.3 Å². The van der Waals surface area contributed by atoms with Gasteiger partial charge in [0.2, 0.25) is 11.8 Å². The van der Waals surface area contributed by atoms with Gasteiger partial charge in [0, 0.05) is 37.2 Å². The van der Waals surface area contributed by atoms with Crippen molar-refractivity contribution in [2.45, 2.75) is 64.2 Å². The van der Waals surface area contributed by atoms with E-state index in [-0.39, 0.29) is 22.6 Å². The fraction of sp³-hybridized carbons (Fsp3) is 0.867. The summed E-state index contributed by atoms with van der Waals surface area (Å²) in [6.07, 6.45) is 3.51. The standard InChI is InChI=1S/C15H28N2O2S/c1-12(18)16-13-7-5-9-17(11-13)14(19)8-6-10-20-15(2,3)4/h13H,5-11H2,1-4H3,(H,16,18). The lowest BCUT2D eigenvalue weighted by Crippen LogP contribution is -2.49. The zero-order valence-corrected chi connectivity index (χ0v) is 14.0. The van der Waals surface area contributed by atoms with Crippen molar-refractivity contribution in [3.05, 3.63) is 0 Å². The molecule has 1 saturated heterocycles. The Hall–Kier alpha value is -0.710. The van der Waals surface area contributed by atoms with E-state index in [1.807, 2.05) is 16.7 Å². The lowest BCUT2D eigenvalue weighted by atomic mass is 10.1. The van der Waals surface area contributed by atoms with Crippen molar-refractivity contribution < 1.29 is 9.59 Å². The topological polar surface area (TPSA) is 49.4 Å². The Morgan fingerprint density at radius 2 is 2.05 bits per heavy atom. The van der Waals surface area contributed by atoms with Gasteiger partial charge in [-0.2, -0.15) is 11.8 Å². The Kier molecular flexibility index (Phi) is 6.86. The van der Waals surface area contributed by atoms with Gasteiger partial charge in [-0.1, -0.05) is 20.8 Å². The molecule has 4 nitrogen and oxygen atoms in total. The molecule has 20 heavy (non-hydrogen) atoms. The first-order chi connectivity index (χ1) is 9.28. The van der Waals surface area contributed by atoms with E-state index in [2.05, 4.69) is 26.1 Å². The maximum Gasteiger partial charge on any atom is 0.222 e. The van der Waals surface area contributed by atoms with Gasteiger partial charge in [-0.05, 0) is 25.0 Å². The van der Waals surface area contributed by atoms with Crippen LogP contribution in [-0.2, 0) is 9.59 Å². The third-order valence-electron chi connectivity index (χ3n) is 3.25. The molecule has 0 spiro atoms. The van der Waals surface area contributed by atoms with E-state index in [0.29, 0.717) is 13.0 Å². The van der Waals surface area contributed by atoms with Crippen molar-refractivity contribution in [1.82, 2.24) is 10.2 Å². The van der Waals surface area contributed by atoms with E-state index in [1.54, 1.807) is 0 Å². The molecule has 0 aromatic carbocycles. The molecule has 1 N–H and O–H groups in total. The van der Waals surface area contributed by atoms with Gasteiger partial charge in [-0.25, -0.2) is 0 Å². The summed E-state index contributed by atoms with van der Waals surface area (Å²) in [7, 11) is 0. The average molecular weight is 300 g/mol. The molecule has 116 valence electrons. The van der Waals surface area contributed by atoms with Gasteiger partial charge < -0.3 is 10.2 Å². The number of thioether (sulfide) groups is 1. The number of hydrogen-bond donors (Lipinski definition) is 1. The zero-order valence-electron chi connectivity index (χ0n) is 13.2. The number of nitrogens with one attached hydrogen (secondary N) is 1. The zero-order chi connectivity index (χ0) is 15.2. The van der Waals surface area contributed by atoms with Crippen LogP contribution in [0.1, 0.15) is 53.4 Å². The minimum Gasteiger partial charge on any atom is -0.352 e. The van der Waals surface area contributed by atoms with Crippen molar-refractivity contribution in [3.8, 4) is 0 Å². The predicted molar refractivity (Wildman–Crippen MR) is 84.9 cm³/mol. The van der Waals surface area contributed by atoms with Crippen LogP contribution in [0.3, 0.4) is 0 Å². The molecule has 0 bridgehead atoms. The SMILES string of the molecule is CC(=O)NC1CCCN(C(=O)CCCSC(C)(C)C)C1. The quantitative estimate of drug-likeness (QED) is 0.793. The number of piperidine rings is 1. The molecule has 1 aliphatic rings. The summed E-state index contributed by atoms with van der Waals surface area (Å²) in [5, 5.41) is 2.92. The second kappa shape index (κ2) is 7.91. The van der Waals surface area contributed by atoms with Crippen molar-refractivity contribution >= 4 is 23.6 Å². The highest BCUT2D eigenvalue weighted by molar-refractivity contribution is 8.00. The highest BCUT2D eigenvalue weighted by atomic mass is 32.2. The highest BCUT2D eigenvalue weighted by Gasteiger charge is 2.23. The smallest absolute Gasteiger partial charge is 0.222 e. The summed E-state index contributed by atoms with van der Waals surface area (Å²) >= 11 is 1.90. The van der Waals surface area contributed by atoms with E-state index in [9.17, 15) is 9.59 Å². The number of likely N-dealkylation sites (tertiary alicyclic amines) is 1. The van der Waals surface area contributed by atoms with Crippen LogP contribution in [0.4, 0.5) is 0 Å². The monoisotopic (exact) mass is 300 g/mol. The van der Waals surface area contributed by atoms with Crippen LogP contribution in [0.25, 0.3) is 0 Å². The summed E-state index contributed by atoms with van der Waals surface area (Å²) in [6.45, 7) is 9.63. The normalized spacial score (nSPS) is 19.8. The van der Waals surface area contributed by atoms with Gasteiger partial charge in [0.15, 0.2) is 0 Å². The molecule has 1 heterocycles. The Morgan fingerprint density at radius 1 is 1.35 bits per heavy atom. The van der Waals surface area contributed by atoms with Crippen LogP contribution in [0.2, 0.25) is 0 Å². The second-order valence-corrected chi connectivity index (χ2v) is 8.37. The summed E-state index contributed by atoms with van der Waals surface area (Å²) in [5.74, 6) is 1.25. The molecule has 1 unspecified atom stereocenters. The summed E-state index contributed by atoms with van der Waals surface area (Å²) in [4.78, 5) is 25.1. The fourth-order valence-electron chi connectivity index (χ4n) is 2.37. The van der Waals surface area contributed by atoms with Crippen molar-refractivity contribution in [1.29, 1.82) is 0 Å². The molecule has 0 aliphatic carbocycles. The maximum absolute atomic E-state index is 12.2. The molecule has 0 aromatic rings. The van der Waals surface area contributed by atoms with E-state index < -0.39 is 0 Å².